The molecule has 0 radical (unpaired) electrons. The molecule has 0 aliphatic carbocycles. The minimum atomic E-state index is 0.291. The second-order valence-electron chi connectivity index (χ2n) is 4.22. The molecule has 0 bridgehead atoms. The van der Waals surface area contributed by atoms with Crippen molar-refractivity contribution in [3.8, 4) is 6.01 Å². The van der Waals surface area contributed by atoms with E-state index < -0.39 is 0 Å². The molecular formula is C14H17ClN4O. The Kier molecular flexibility index (Phi) is 5.15. The molecule has 0 spiro atoms. The van der Waals surface area contributed by atoms with Gasteiger partial charge in [0.05, 0.1) is 13.3 Å². The van der Waals surface area contributed by atoms with Crippen molar-refractivity contribution in [2.75, 3.05) is 25.1 Å². The second-order valence-corrected chi connectivity index (χ2v) is 4.63. The highest BCUT2D eigenvalue weighted by molar-refractivity contribution is 6.32. The van der Waals surface area contributed by atoms with Crippen molar-refractivity contribution in [1.82, 2.24) is 9.97 Å². The number of rotatable bonds is 6. The quantitative estimate of drug-likeness (QED) is 0.883. The maximum absolute atomic E-state index is 6.19. The van der Waals surface area contributed by atoms with Gasteiger partial charge in [-0.1, -0.05) is 41.9 Å². The smallest absolute Gasteiger partial charge is 0.318 e. The van der Waals surface area contributed by atoms with Crippen molar-refractivity contribution in [2.45, 2.75) is 6.54 Å². The SMILES string of the molecule is COc1ncc(Cl)c(N(CCN)Cc2ccccc2)n1. The molecule has 6 heteroatoms. The monoisotopic (exact) mass is 292 g/mol. The van der Waals surface area contributed by atoms with Crippen molar-refractivity contribution in [1.29, 1.82) is 0 Å². The van der Waals surface area contributed by atoms with Gasteiger partial charge in [-0.15, -0.1) is 0 Å². The molecule has 0 amide bonds. The standard InChI is InChI=1S/C14H17ClN4O/c1-20-14-17-9-12(15)13(18-14)19(8-7-16)10-11-5-3-2-4-6-11/h2-6,9H,7-8,10,16H2,1H3. The number of halogens is 1. The van der Waals surface area contributed by atoms with E-state index in [1.54, 1.807) is 0 Å². The Bertz CT molecular complexity index is 550. The Morgan fingerprint density at radius 3 is 2.70 bits per heavy atom. The molecule has 0 aliphatic heterocycles. The fourth-order valence-corrected chi connectivity index (χ4v) is 2.09. The van der Waals surface area contributed by atoms with Gasteiger partial charge in [0, 0.05) is 19.6 Å². The molecule has 0 aliphatic rings. The number of anilines is 1. The minimum Gasteiger partial charge on any atom is -0.467 e. The van der Waals surface area contributed by atoms with Crippen molar-refractivity contribution < 1.29 is 4.74 Å². The molecule has 1 aromatic carbocycles. The molecule has 1 aromatic heterocycles. The third-order valence-electron chi connectivity index (χ3n) is 2.80. The highest BCUT2D eigenvalue weighted by Crippen LogP contribution is 2.25. The summed E-state index contributed by atoms with van der Waals surface area (Å²) in [5, 5.41) is 0.482. The van der Waals surface area contributed by atoms with E-state index in [1.165, 1.54) is 13.3 Å². The first-order chi connectivity index (χ1) is 9.74. The summed E-state index contributed by atoms with van der Waals surface area (Å²) in [6.45, 7) is 1.84. The van der Waals surface area contributed by atoms with E-state index in [2.05, 4.69) is 22.1 Å². The van der Waals surface area contributed by atoms with E-state index in [0.717, 1.165) is 5.56 Å². The van der Waals surface area contributed by atoms with Crippen LogP contribution in [-0.4, -0.2) is 30.2 Å². The van der Waals surface area contributed by atoms with E-state index in [9.17, 15) is 0 Å². The summed E-state index contributed by atoms with van der Waals surface area (Å²) in [7, 11) is 1.53. The Hall–Kier alpha value is -1.85. The summed E-state index contributed by atoms with van der Waals surface area (Å²) >= 11 is 6.19. The Morgan fingerprint density at radius 1 is 1.30 bits per heavy atom. The number of hydrogen-bond donors (Lipinski definition) is 1. The number of ether oxygens (including phenoxy) is 1. The summed E-state index contributed by atoms with van der Waals surface area (Å²) in [6.07, 6.45) is 1.54. The fraction of sp³-hybridized carbons (Fsp3) is 0.286. The first-order valence-corrected chi connectivity index (χ1v) is 6.68. The molecule has 106 valence electrons. The Balaban J connectivity index is 2.28. The molecule has 0 saturated heterocycles. The zero-order valence-corrected chi connectivity index (χ0v) is 12.0. The van der Waals surface area contributed by atoms with Gasteiger partial charge >= 0.3 is 6.01 Å². The number of nitrogens with zero attached hydrogens (tertiary/aromatic N) is 3. The van der Waals surface area contributed by atoms with Crippen LogP contribution in [0, 0.1) is 0 Å². The first kappa shape index (κ1) is 14.6. The lowest BCUT2D eigenvalue weighted by Crippen LogP contribution is -2.30. The molecule has 2 aromatic rings. The van der Waals surface area contributed by atoms with Crippen LogP contribution in [0.4, 0.5) is 5.82 Å². The van der Waals surface area contributed by atoms with Crippen LogP contribution in [-0.2, 0) is 6.54 Å². The van der Waals surface area contributed by atoms with Gasteiger partial charge < -0.3 is 15.4 Å². The number of hydrogen-bond acceptors (Lipinski definition) is 5. The normalized spacial score (nSPS) is 10.3. The summed E-state index contributed by atoms with van der Waals surface area (Å²) in [4.78, 5) is 10.3. The maximum atomic E-state index is 6.19. The van der Waals surface area contributed by atoms with Gasteiger partial charge in [0.25, 0.3) is 0 Å². The van der Waals surface area contributed by atoms with Crippen LogP contribution in [0.1, 0.15) is 5.56 Å². The molecule has 0 atom stereocenters. The van der Waals surface area contributed by atoms with Crippen molar-refractivity contribution in [2.24, 2.45) is 5.73 Å². The van der Waals surface area contributed by atoms with Gasteiger partial charge in [-0.2, -0.15) is 4.98 Å². The highest BCUT2D eigenvalue weighted by Gasteiger charge is 2.14. The Morgan fingerprint density at radius 2 is 2.05 bits per heavy atom. The summed E-state index contributed by atoms with van der Waals surface area (Å²) in [5.41, 5.74) is 6.84. The number of nitrogens with two attached hydrogens (primary N) is 1. The molecule has 0 saturated carbocycles. The number of aromatic nitrogens is 2. The van der Waals surface area contributed by atoms with Gasteiger partial charge in [-0.3, -0.25) is 0 Å². The van der Waals surface area contributed by atoms with Crippen LogP contribution in [0.3, 0.4) is 0 Å². The van der Waals surface area contributed by atoms with E-state index in [1.807, 2.05) is 23.1 Å². The van der Waals surface area contributed by atoms with Gasteiger partial charge in [0.1, 0.15) is 5.02 Å². The van der Waals surface area contributed by atoms with E-state index in [0.29, 0.717) is 36.5 Å². The number of benzene rings is 1. The second kappa shape index (κ2) is 7.07. The van der Waals surface area contributed by atoms with Crippen molar-refractivity contribution in [3.05, 3.63) is 47.1 Å². The third kappa shape index (κ3) is 3.59. The first-order valence-electron chi connectivity index (χ1n) is 6.30. The summed E-state index contributed by atoms with van der Waals surface area (Å²) in [5.74, 6) is 0.632. The zero-order valence-electron chi connectivity index (χ0n) is 11.3. The molecule has 5 nitrogen and oxygen atoms in total. The van der Waals surface area contributed by atoms with Crippen LogP contribution in [0.2, 0.25) is 5.02 Å². The topological polar surface area (TPSA) is 64.3 Å². The molecule has 0 unspecified atom stereocenters. The zero-order chi connectivity index (χ0) is 14.4. The molecule has 20 heavy (non-hydrogen) atoms. The predicted molar refractivity (Wildman–Crippen MR) is 80.1 cm³/mol. The predicted octanol–water partition coefficient (Wildman–Crippen LogP) is 2.10. The highest BCUT2D eigenvalue weighted by atomic mass is 35.5. The molecular weight excluding hydrogens is 276 g/mol. The summed E-state index contributed by atoms with van der Waals surface area (Å²) < 4.78 is 5.05. The van der Waals surface area contributed by atoms with Gasteiger partial charge in [0.2, 0.25) is 0 Å². The third-order valence-corrected chi connectivity index (χ3v) is 3.07. The molecule has 0 fully saturated rings. The van der Waals surface area contributed by atoms with Crippen LogP contribution >= 0.6 is 11.6 Å². The van der Waals surface area contributed by atoms with Crippen molar-refractivity contribution >= 4 is 17.4 Å². The lowest BCUT2D eigenvalue weighted by atomic mass is 10.2. The summed E-state index contributed by atoms with van der Waals surface area (Å²) in [6, 6.07) is 10.4. The minimum absolute atomic E-state index is 0.291. The molecule has 1 heterocycles. The average molecular weight is 293 g/mol. The van der Waals surface area contributed by atoms with Crippen LogP contribution in [0.25, 0.3) is 0 Å². The fourth-order valence-electron chi connectivity index (χ4n) is 1.88. The van der Waals surface area contributed by atoms with Gasteiger partial charge in [-0.05, 0) is 5.56 Å². The maximum Gasteiger partial charge on any atom is 0.318 e. The van der Waals surface area contributed by atoms with Crippen molar-refractivity contribution in [3.63, 3.8) is 0 Å². The van der Waals surface area contributed by atoms with Crippen LogP contribution in [0.5, 0.6) is 6.01 Å². The number of methoxy groups -OCH3 is 1. The van der Waals surface area contributed by atoms with Crippen LogP contribution < -0.4 is 15.4 Å². The lowest BCUT2D eigenvalue weighted by Gasteiger charge is -2.24. The van der Waals surface area contributed by atoms with Crippen LogP contribution in [0.15, 0.2) is 36.5 Å². The lowest BCUT2D eigenvalue weighted by molar-refractivity contribution is 0.379. The Labute approximate surface area is 123 Å². The molecule has 2 rings (SSSR count). The van der Waals surface area contributed by atoms with E-state index >= 15 is 0 Å². The van der Waals surface area contributed by atoms with E-state index in [4.69, 9.17) is 22.1 Å². The largest absolute Gasteiger partial charge is 0.467 e. The molecule has 2 N–H and O–H groups in total. The average Bonchev–Trinajstić information content (AvgIpc) is 2.48. The van der Waals surface area contributed by atoms with Gasteiger partial charge in [-0.25, -0.2) is 4.98 Å². The van der Waals surface area contributed by atoms with Gasteiger partial charge in [0.15, 0.2) is 5.82 Å². The van der Waals surface area contributed by atoms with E-state index in [-0.39, 0.29) is 0 Å².